The molecular weight excluding hydrogens is 286 g/mol. The van der Waals surface area contributed by atoms with Gasteiger partial charge in [-0.25, -0.2) is 4.98 Å². The Labute approximate surface area is 127 Å². The summed E-state index contributed by atoms with van der Waals surface area (Å²) >= 11 is 1.45. The Balaban J connectivity index is 1.88. The zero-order chi connectivity index (χ0) is 15.0. The summed E-state index contributed by atoms with van der Waals surface area (Å²) in [6.07, 6.45) is 3.69. The normalized spacial score (nSPS) is 19.0. The van der Waals surface area contributed by atoms with Crippen molar-refractivity contribution in [1.29, 1.82) is 0 Å². The highest BCUT2D eigenvalue weighted by atomic mass is 32.1. The van der Waals surface area contributed by atoms with Gasteiger partial charge in [-0.05, 0) is 13.8 Å². The first-order valence-electron chi connectivity index (χ1n) is 7.04. The molecule has 0 aromatic carbocycles. The van der Waals surface area contributed by atoms with Crippen molar-refractivity contribution < 1.29 is 4.79 Å². The number of nitrogens with one attached hydrogen (secondary N) is 1. The molecule has 0 saturated carbocycles. The van der Waals surface area contributed by atoms with E-state index < -0.39 is 0 Å². The third kappa shape index (κ3) is 2.71. The number of piperazine rings is 1. The monoisotopic (exact) mass is 305 g/mol. The van der Waals surface area contributed by atoms with E-state index in [0.717, 1.165) is 40.8 Å². The van der Waals surface area contributed by atoms with E-state index in [2.05, 4.69) is 22.3 Å². The number of hydrogen-bond donors (Lipinski definition) is 1. The number of carbonyl (C=O) groups is 1. The van der Waals surface area contributed by atoms with Crippen molar-refractivity contribution in [1.82, 2.24) is 25.0 Å². The second-order valence-electron chi connectivity index (χ2n) is 5.39. The molecule has 2 aromatic rings. The van der Waals surface area contributed by atoms with Crippen LogP contribution in [-0.2, 0) is 7.05 Å². The van der Waals surface area contributed by atoms with Crippen molar-refractivity contribution in [2.75, 3.05) is 19.6 Å². The molecule has 1 amide bonds. The van der Waals surface area contributed by atoms with Gasteiger partial charge in [0.1, 0.15) is 9.88 Å². The van der Waals surface area contributed by atoms with Crippen LogP contribution in [-0.4, -0.2) is 51.2 Å². The van der Waals surface area contributed by atoms with Gasteiger partial charge in [0.05, 0.1) is 11.9 Å². The average Bonchev–Trinajstić information content (AvgIpc) is 3.05. The van der Waals surface area contributed by atoms with E-state index in [4.69, 9.17) is 0 Å². The summed E-state index contributed by atoms with van der Waals surface area (Å²) in [6, 6.07) is 0.217. The lowest BCUT2D eigenvalue weighted by Gasteiger charge is -2.33. The lowest BCUT2D eigenvalue weighted by Crippen LogP contribution is -2.52. The minimum Gasteiger partial charge on any atom is -0.333 e. The van der Waals surface area contributed by atoms with E-state index in [1.54, 1.807) is 10.9 Å². The molecule has 0 radical (unpaired) electrons. The zero-order valence-electron chi connectivity index (χ0n) is 12.5. The van der Waals surface area contributed by atoms with E-state index in [0.29, 0.717) is 0 Å². The molecule has 1 unspecified atom stereocenters. The number of carbonyl (C=O) groups excluding carboxylic acids is 1. The molecule has 1 aliphatic rings. The SMILES string of the molecule is Cc1nc(-c2cnn(C)c2)sc1C(=O)N1CCNCC1C. The van der Waals surface area contributed by atoms with Crippen LogP contribution in [0.4, 0.5) is 0 Å². The van der Waals surface area contributed by atoms with E-state index in [1.807, 2.05) is 25.1 Å². The summed E-state index contributed by atoms with van der Waals surface area (Å²) in [7, 11) is 1.87. The number of thiazole rings is 1. The molecule has 2 aromatic heterocycles. The minimum absolute atomic E-state index is 0.0918. The number of rotatable bonds is 2. The predicted molar refractivity (Wildman–Crippen MR) is 82.4 cm³/mol. The molecule has 21 heavy (non-hydrogen) atoms. The largest absolute Gasteiger partial charge is 0.333 e. The maximum atomic E-state index is 12.7. The predicted octanol–water partition coefficient (Wildman–Crippen LogP) is 1.29. The summed E-state index contributed by atoms with van der Waals surface area (Å²) in [6.45, 7) is 6.42. The van der Waals surface area contributed by atoms with E-state index in [9.17, 15) is 4.79 Å². The van der Waals surface area contributed by atoms with Gasteiger partial charge >= 0.3 is 0 Å². The van der Waals surface area contributed by atoms with Crippen LogP contribution in [0.3, 0.4) is 0 Å². The van der Waals surface area contributed by atoms with Crippen LogP contribution in [0.2, 0.25) is 0 Å². The van der Waals surface area contributed by atoms with Crippen LogP contribution in [0.15, 0.2) is 12.4 Å². The smallest absolute Gasteiger partial charge is 0.266 e. The quantitative estimate of drug-likeness (QED) is 0.908. The Hall–Kier alpha value is -1.73. The van der Waals surface area contributed by atoms with Crippen LogP contribution in [0, 0.1) is 6.92 Å². The van der Waals surface area contributed by atoms with Crippen LogP contribution in [0.5, 0.6) is 0 Å². The van der Waals surface area contributed by atoms with Crippen molar-refractivity contribution in [3.63, 3.8) is 0 Å². The van der Waals surface area contributed by atoms with E-state index in [1.165, 1.54) is 11.3 Å². The Morgan fingerprint density at radius 3 is 3.00 bits per heavy atom. The Bertz CT molecular complexity index is 662. The average molecular weight is 305 g/mol. The van der Waals surface area contributed by atoms with Gasteiger partial charge in [-0.2, -0.15) is 5.10 Å². The van der Waals surface area contributed by atoms with E-state index in [-0.39, 0.29) is 11.9 Å². The second kappa shape index (κ2) is 5.57. The van der Waals surface area contributed by atoms with Gasteiger partial charge in [0.2, 0.25) is 0 Å². The molecule has 3 heterocycles. The maximum Gasteiger partial charge on any atom is 0.266 e. The highest BCUT2D eigenvalue weighted by molar-refractivity contribution is 7.17. The molecule has 3 rings (SSSR count). The lowest BCUT2D eigenvalue weighted by atomic mass is 10.2. The fraction of sp³-hybridized carbons (Fsp3) is 0.500. The van der Waals surface area contributed by atoms with Gasteiger partial charge in [0.15, 0.2) is 0 Å². The Kier molecular flexibility index (Phi) is 3.77. The van der Waals surface area contributed by atoms with Crippen LogP contribution in [0.25, 0.3) is 10.6 Å². The number of amides is 1. The first kappa shape index (κ1) is 14.2. The van der Waals surface area contributed by atoms with Crippen LogP contribution >= 0.6 is 11.3 Å². The molecule has 6 nitrogen and oxygen atoms in total. The van der Waals surface area contributed by atoms with Crippen molar-refractivity contribution in [3.05, 3.63) is 23.0 Å². The summed E-state index contributed by atoms with van der Waals surface area (Å²) in [5, 5.41) is 8.31. The number of nitrogens with zero attached hydrogens (tertiary/aromatic N) is 4. The molecule has 1 N–H and O–H groups in total. The summed E-state index contributed by atoms with van der Waals surface area (Å²) in [5.74, 6) is 0.0918. The lowest BCUT2D eigenvalue weighted by molar-refractivity contribution is 0.0660. The zero-order valence-corrected chi connectivity index (χ0v) is 13.3. The molecule has 7 heteroatoms. The standard InChI is InChI=1S/C14H19N5OS/c1-9-6-15-4-5-19(9)14(20)12-10(2)17-13(21-12)11-7-16-18(3)8-11/h7-9,15H,4-6H2,1-3H3. The van der Waals surface area contributed by atoms with Gasteiger partial charge in [-0.1, -0.05) is 0 Å². The molecule has 1 aliphatic heterocycles. The third-order valence-electron chi connectivity index (χ3n) is 3.70. The van der Waals surface area contributed by atoms with Gasteiger partial charge in [0, 0.05) is 44.5 Å². The number of aryl methyl sites for hydroxylation is 2. The number of hydrogen-bond acceptors (Lipinski definition) is 5. The molecule has 0 aliphatic carbocycles. The molecule has 1 fully saturated rings. The molecule has 1 saturated heterocycles. The molecule has 0 spiro atoms. The highest BCUT2D eigenvalue weighted by Gasteiger charge is 2.27. The first-order chi connectivity index (χ1) is 10.1. The molecule has 1 atom stereocenters. The fourth-order valence-electron chi connectivity index (χ4n) is 2.52. The summed E-state index contributed by atoms with van der Waals surface area (Å²) in [5.41, 5.74) is 1.76. The summed E-state index contributed by atoms with van der Waals surface area (Å²) < 4.78 is 1.74. The van der Waals surface area contributed by atoms with Crippen molar-refractivity contribution >= 4 is 17.2 Å². The van der Waals surface area contributed by atoms with Crippen LogP contribution < -0.4 is 5.32 Å². The van der Waals surface area contributed by atoms with Gasteiger partial charge in [-0.15, -0.1) is 11.3 Å². The summed E-state index contributed by atoms with van der Waals surface area (Å²) in [4.78, 5) is 19.9. The fourth-order valence-corrected chi connectivity index (χ4v) is 3.52. The van der Waals surface area contributed by atoms with E-state index >= 15 is 0 Å². The highest BCUT2D eigenvalue weighted by Crippen LogP contribution is 2.29. The number of aromatic nitrogens is 3. The Morgan fingerprint density at radius 1 is 1.52 bits per heavy atom. The van der Waals surface area contributed by atoms with Gasteiger partial charge in [-0.3, -0.25) is 9.48 Å². The Morgan fingerprint density at radius 2 is 2.33 bits per heavy atom. The van der Waals surface area contributed by atoms with Crippen molar-refractivity contribution in [2.45, 2.75) is 19.9 Å². The molecular formula is C14H19N5OS. The van der Waals surface area contributed by atoms with Gasteiger partial charge < -0.3 is 10.2 Å². The topological polar surface area (TPSA) is 63.1 Å². The van der Waals surface area contributed by atoms with Crippen LogP contribution in [0.1, 0.15) is 22.3 Å². The van der Waals surface area contributed by atoms with Crippen molar-refractivity contribution in [3.8, 4) is 10.6 Å². The third-order valence-corrected chi connectivity index (χ3v) is 4.90. The second-order valence-corrected chi connectivity index (χ2v) is 6.39. The van der Waals surface area contributed by atoms with Crippen molar-refractivity contribution in [2.24, 2.45) is 7.05 Å². The first-order valence-corrected chi connectivity index (χ1v) is 7.86. The minimum atomic E-state index is 0.0918. The molecule has 0 bridgehead atoms. The maximum absolute atomic E-state index is 12.7. The molecule has 112 valence electrons. The van der Waals surface area contributed by atoms with Gasteiger partial charge in [0.25, 0.3) is 5.91 Å².